The SMILES string of the molecule is CNC(=O)C(CCCc1ccccn1)NC(=O)OC(C)(C)C. The number of hydrogen-bond acceptors (Lipinski definition) is 4. The van der Waals surface area contributed by atoms with Gasteiger partial charge in [-0.3, -0.25) is 9.78 Å². The Kier molecular flexibility index (Phi) is 6.82. The second kappa shape index (κ2) is 8.36. The smallest absolute Gasteiger partial charge is 0.408 e. The molecule has 0 fully saturated rings. The van der Waals surface area contributed by atoms with Crippen LogP contribution in [-0.2, 0) is 16.0 Å². The Labute approximate surface area is 131 Å². The van der Waals surface area contributed by atoms with E-state index in [9.17, 15) is 9.59 Å². The van der Waals surface area contributed by atoms with Crippen LogP contribution < -0.4 is 10.6 Å². The van der Waals surface area contributed by atoms with Gasteiger partial charge < -0.3 is 15.4 Å². The van der Waals surface area contributed by atoms with Gasteiger partial charge in [0.15, 0.2) is 0 Å². The standard InChI is InChI=1S/C16H25N3O3/c1-16(2,3)22-15(21)19-13(14(20)17-4)10-7-9-12-8-5-6-11-18-12/h5-6,8,11,13H,7,9-10H2,1-4H3,(H,17,20)(H,19,21). The summed E-state index contributed by atoms with van der Waals surface area (Å²) in [5, 5.41) is 5.17. The van der Waals surface area contributed by atoms with E-state index in [0.717, 1.165) is 18.5 Å². The summed E-state index contributed by atoms with van der Waals surface area (Å²) in [5.74, 6) is -0.230. The number of ether oxygens (including phenoxy) is 1. The third kappa shape index (κ3) is 7.06. The lowest BCUT2D eigenvalue weighted by Gasteiger charge is -2.23. The first-order valence-corrected chi connectivity index (χ1v) is 7.43. The number of carbonyl (C=O) groups excluding carboxylic acids is 2. The minimum absolute atomic E-state index is 0.230. The van der Waals surface area contributed by atoms with Crippen LogP contribution in [0.25, 0.3) is 0 Å². The lowest BCUT2D eigenvalue weighted by Crippen LogP contribution is -2.47. The summed E-state index contributed by atoms with van der Waals surface area (Å²) in [4.78, 5) is 27.9. The van der Waals surface area contributed by atoms with Crippen molar-refractivity contribution >= 4 is 12.0 Å². The van der Waals surface area contributed by atoms with Crippen molar-refractivity contribution in [1.82, 2.24) is 15.6 Å². The van der Waals surface area contributed by atoms with Gasteiger partial charge in [-0.25, -0.2) is 4.79 Å². The van der Waals surface area contributed by atoms with Crippen LogP contribution in [0, 0.1) is 0 Å². The Morgan fingerprint density at radius 1 is 1.32 bits per heavy atom. The molecular weight excluding hydrogens is 282 g/mol. The lowest BCUT2D eigenvalue weighted by molar-refractivity contribution is -0.122. The van der Waals surface area contributed by atoms with E-state index in [-0.39, 0.29) is 5.91 Å². The molecule has 0 aliphatic carbocycles. The van der Waals surface area contributed by atoms with Gasteiger partial charge in [-0.05, 0) is 52.2 Å². The molecule has 1 heterocycles. The van der Waals surface area contributed by atoms with Gasteiger partial charge in [0, 0.05) is 18.9 Å². The number of nitrogens with zero attached hydrogens (tertiary/aromatic N) is 1. The van der Waals surface area contributed by atoms with Crippen molar-refractivity contribution in [3.05, 3.63) is 30.1 Å². The predicted octanol–water partition coefficient (Wildman–Crippen LogP) is 2.04. The predicted molar refractivity (Wildman–Crippen MR) is 84.4 cm³/mol. The number of nitrogens with one attached hydrogen (secondary N) is 2. The van der Waals surface area contributed by atoms with Gasteiger partial charge in [0.2, 0.25) is 5.91 Å². The molecule has 1 unspecified atom stereocenters. The summed E-state index contributed by atoms with van der Waals surface area (Å²) in [7, 11) is 1.55. The van der Waals surface area contributed by atoms with Gasteiger partial charge in [-0.2, -0.15) is 0 Å². The third-order valence-electron chi connectivity index (χ3n) is 2.91. The van der Waals surface area contributed by atoms with Crippen molar-refractivity contribution in [2.75, 3.05) is 7.05 Å². The number of alkyl carbamates (subject to hydrolysis) is 1. The number of amides is 2. The molecule has 0 spiro atoms. The summed E-state index contributed by atoms with van der Waals surface area (Å²) in [6.07, 6.45) is 3.17. The zero-order chi connectivity index (χ0) is 16.6. The molecule has 0 aliphatic rings. The molecule has 0 radical (unpaired) electrons. The molecule has 1 rings (SSSR count). The van der Waals surface area contributed by atoms with Crippen molar-refractivity contribution in [2.45, 2.75) is 51.7 Å². The summed E-state index contributed by atoms with van der Waals surface area (Å²) in [6.45, 7) is 5.34. The molecule has 122 valence electrons. The van der Waals surface area contributed by atoms with E-state index in [0.29, 0.717) is 6.42 Å². The molecule has 0 aromatic carbocycles. The summed E-state index contributed by atoms with van der Waals surface area (Å²) in [5.41, 5.74) is 0.376. The summed E-state index contributed by atoms with van der Waals surface area (Å²) in [6, 6.07) is 5.12. The average molecular weight is 307 g/mol. The Morgan fingerprint density at radius 2 is 2.05 bits per heavy atom. The Bertz CT molecular complexity index is 483. The number of rotatable bonds is 6. The molecule has 1 atom stereocenters. The van der Waals surface area contributed by atoms with Gasteiger partial charge >= 0.3 is 6.09 Å². The number of likely N-dealkylation sites (N-methyl/N-ethyl adjacent to an activating group) is 1. The number of aromatic nitrogens is 1. The first-order valence-electron chi connectivity index (χ1n) is 7.43. The maximum absolute atomic E-state index is 11.9. The number of pyridine rings is 1. The minimum atomic E-state index is -0.608. The maximum Gasteiger partial charge on any atom is 0.408 e. The van der Waals surface area contributed by atoms with E-state index in [1.807, 2.05) is 18.2 Å². The molecule has 1 aromatic heterocycles. The zero-order valence-electron chi connectivity index (χ0n) is 13.7. The van der Waals surface area contributed by atoms with Crippen molar-refractivity contribution in [1.29, 1.82) is 0 Å². The number of carbonyl (C=O) groups is 2. The lowest BCUT2D eigenvalue weighted by atomic mass is 10.1. The fourth-order valence-electron chi connectivity index (χ4n) is 1.93. The highest BCUT2D eigenvalue weighted by atomic mass is 16.6. The number of hydrogen-bond donors (Lipinski definition) is 2. The molecule has 0 bridgehead atoms. The van der Waals surface area contributed by atoms with E-state index in [1.54, 1.807) is 34.0 Å². The minimum Gasteiger partial charge on any atom is -0.444 e. The second-order valence-corrected chi connectivity index (χ2v) is 6.03. The van der Waals surface area contributed by atoms with Crippen LogP contribution in [0.2, 0.25) is 0 Å². The van der Waals surface area contributed by atoms with Crippen LogP contribution in [0.15, 0.2) is 24.4 Å². The van der Waals surface area contributed by atoms with E-state index in [2.05, 4.69) is 15.6 Å². The molecule has 22 heavy (non-hydrogen) atoms. The molecule has 6 nitrogen and oxygen atoms in total. The second-order valence-electron chi connectivity index (χ2n) is 6.03. The molecular formula is C16H25N3O3. The monoisotopic (exact) mass is 307 g/mol. The molecule has 0 aliphatic heterocycles. The van der Waals surface area contributed by atoms with Crippen LogP contribution in [0.5, 0.6) is 0 Å². The van der Waals surface area contributed by atoms with E-state index < -0.39 is 17.7 Å². The first-order chi connectivity index (χ1) is 10.3. The average Bonchev–Trinajstić information content (AvgIpc) is 2.44. The van der Waals surface area contributed by atoms with Crippen molar-refractivity contribution in [3.63, 3.8) is 0 Å². The highest BCUT2D eigenvalue weighted by molar-refractivity contribution is 5.85. The topological polar surface area (TPSA) is 80.3 Å². The van der Waals surface area contributed by atoms with Crippen LogP contribution in [0.3, 0.4) is 0 Å². The van der Waals surface area contributed by atoms with Crippen molar-refractivity contribution in [3.8, 4) is 0 Å². The Balaban J connectivity index is 2.50. The van der Waals surface area contributed by atoms with Crippen LogP contribution >= 0.6 is 0 Å². The highest BCUT2D eigenvalue weighted by Gasteiger charge is 2.23. The maximum atomic E-state index is 11.9. The van der Waals surface area contributed by atoms with E-state index >= 15 is 0 Å². The summed E-state index contributed by atoms with van der Waals surface area (Å²) < 4.78 is 5.19. The van der Waals surface area contributed by atoms with Gasteiger partial charge in [0.1, 0.15) is 11.6 Å². The van der Waals surface area contributed by atoms with Gasteiger partial charge in [-0.1, -0.05) is 6.07 Å². The quantitative estimate of drug-likeness (QED) is 0.843. The zero-order valence-corrected chi connectivity index (χ0v) is 13.7. The number of aryl methyl sites for hydroxylation is 1. The van der Waals surface area contributed by atoms with Crippen molar-refractivity contribution < 1.29 is 14.3 Å². The van der Waals surface area contributed by atoms with Gasteiger partial charge in [0.05, 0.1) is 0 Å². The van der Waals surface area contributed by atoms with E-state index in [1.165, 1.54) is 0 Å². The fourth-order valence-corrected chi connectivity index (χ4v) is 1.93. The van der Waals surface area contributed by atoms with Crippen LogP contribution in [-0.4, -0.2) is 35.7 Å². The largest absolute Gasteiger partial charge is 0.444 e. The molecule has 6 heteroatoms. The molecule has 2 amide bonds. The molecule has 2 N–H and O–H groups in total. The van der Waals surface area contributed by atoms with Crippen LogP contribution in [0.4, 0.5) is 4.79 Å². The molecule has 0 saturated carbocycles. The normalized spacial score (nSPS) is 12.4. The highest BCUT2D eigenvalue weighted by Crippen LogP contribution is 2.09. The summed E-state index contributed by atoms with van der Waals surface area (Å²) >= 11 is 0. The Morgan fingerprint density at radius 3 is 2.59 bits per heavy atom. The fraction of sp³-hybridized carbons (Fsp3) is 0.562. The van der Waals surface area contributed by atoms with Gasteiger partial charge in [-0.15, -0.1) is 0 Å². The molecule has 0 saturated heterocycles. The Hall–Kier alpha value is -2.11. The van der Waals surface area contributed by atoms with Crippen molar-refractivity contribution in [2.24, 2.45) is 0 Å². The molecule has 1 aromatic rings. The first kappa shape index (κ1) is 17.9. The van der Waals surface area contributed by atoms with Gasteiger partial charge in [0.25, 0.3) is 0 Å². The van der Waals surface area contributed by atoms with E-state index in [4.69, 9.17) is 4.74 Å². The third-order valence-corrected chi connectivity index (χ3v) is 2.91. The van der Waals surface area contributed by atoms with Crippen LogP contribution in [0.1, 0.15) is 39.3 Å².